The number of fused-ring (bicyclic) bond motifs is 3. The van der Waals surface area contributed by atoms with Crippen LogP contribution in [0.5, 0.6) is 5.75 Å². The van der Waals surface area contributed by atoms with Gasteiger partial charge in [0.2, 0.25) is 0 Å². The SMILES string of the molecule is Cn1c2c(c3ccc(-n4ncc(OCc5ccc(C(F)(F)F)nc5)cc4=O)cc31)CNCCC2. The highest BCUT2D eigenvalue weighted by atomic mass is 19.4. The first kappa shape index (κ1) is 22.1. The molecule has 0 aliphatic carbocycles. The lowest BCUT2D eigenvalue weighted by molar-refractivity contribution is -0.141. The highest BCUT2D eigenvalue weighted by Gasteiger charge is 2.32. The molecule has 0 atom stereocenters. The number of aromatic nitrogens is 4. The van der Waals surface area contributed by atoms with Gasteiger partial charge in [0.25, 0.3) is 5.56 Å². The lowest BCUT2D eigenvalue weighted by Crippen LogP contribution is -2.20. The van der Waals surface area contributed by atoms with Crippen molar-refractivity contribution in [3.63, 3.8) is 0 Å². The van der Waals surface area contributed by atoms with Crippen LogP contribution < -0.4 is 15.6 Å². The zero-order valence-corrected chi connectivity index (χ0v) is 18.4. The van der Waals surface area contributed by atoms with E-state index in [2.05, 4.69) is 20.0 Å². The molecule has 176 valence electrons. The summed E-state index contributed by atoms with van der Waals surface area (Å²) in [5.41, 5.74) is 3.38. The summed E-state index contributed by atoms with van der Waals surface area (Å²) in [6.07, 6.45) is 0.0964. The van der Waals surface area contributed by atoms with Crippen LogP contribution in [0.15, 0.2) is 53.6 Å². The normalized spacial score (nSPS) is 14.1. The van der Waals surface area contributed by atoms with Gasteiger partial charge in [-0.05, 0) is 43.1 Å². The van der Waals surface area contributed by atoms with E-state index in [1.807, 2.05) is 25.2 Å². The van der Waals surface area contributed by atoms with Crippen LogP contribution in [-0.2, 0) is 32.8 Å². The second kappa shape index (κ2) is 8.60. The topological polar surface area (TPSA) is 74.0 Å². The fourth-order valence-electron chi connectivity index (χ4n) is 4.31. The van der Waals surface area contributed by atoms with Crippen molar-refractivity contribution >= 4 is 10.9 Å². The summed E-state index contributed by atoms with van der Waals surface area (Å²) in [5.74, 6) is 0.221. The van der Waals surface area contributed by atoms with Gasteiger partial charge in [-0.25, -0.2) is 0 Å². The number of ether oxygens (including phenoxy) is 1. The largest absolute Gasteiger partial charge is 0.487 e. The molecule has 1 aromatic carbocycles. The van der Waals surface area contributed by atoms with E-state index >= 15 is 0 Å². The minimum atomic E-state index is -4.49. The van der Waals surface area contributed by atoms with Crippen LogP contribution in [0.1, 0.15) is 28.9 Å². The predicted molar refractivity (Wildman–Crippen MR) is 120 cm³/mol. The quantitative estimate of drug-likeness (QED) is 0.493. The molecule has 7 nitrogen and oxygen atoms in total. The molecule has 3 aromatic heterocycles. The van der Waals surface area contributed by atoms with E-state index in [0.717, 1.165) is 49.1 Å². The average molecular weight is 469 g/mol. The van der Waals surface area contributed by atoms with Crippen LogP contribution in [0.4, 0.5) is 13.2 Å². The van der Waals surface area contributed by atoms with E-state index in [4.69, 9.17) is 4.74 Å². The third kappa shape index (κ3) is 4.16. The zero-order valence-electron chi connectivity index (χ0n) is 18.4. The van der Waals surface area contributed by atoms with Gasteiger partial charge in [0.05, 0.1) is 17.4 Å². The van der Waals surface area contributed by atoms with Crippen LogP contribution in [0.3, 0.4) is 0 Å². The van der Waals surface area contributed by atoms with Gasteiger partial charge in [0.1, 0.15) is 18.1 Å². The molecule has 1 aliphatic heterocycles. The van der Waals surface area contributed by atoms with Gasteiger partial charge in [-0.1, -0.05) is 12.1 Å². The first-order valence-corrected chi connectivity index (χ1v) is 10.9. The first-order chi connectivity index (χ1) is 16.3. The number of rotatable bonds is 4. The number of hydrogen-bond donors (Lipinski definition) is 1. The van der Waals surface area contributed by atoms with Crippen LogP contribution in [0, 0.1) is 0 Å². The number of halogens is 3. The second-order valence-electron chi connectivity index (χ2n) is 8.25. The Morgan fingerprint density at radius 2 is 2.00 bits per heavy atom. The Kier molecular flexibility index (Phi) is 5.60. The summed E-state index contributed by atoms with van der Waals surface area (Å²) in [6, 6.07) is 9.33. The van der Waals surface area contributed by atoms with Crippen molar-refractivity contribution in [1.29, 1.82) is 0 Å². The molecule has 0 amide bonds. The molecule has 0 saturated heterocycles. The number of benzene rings is 1. The van der Waals surface area contributed by atoms with Crippen LogP contribution in [-0.4, -0.2) is 25.9 Å². The van der Waals surface area contributed by atoms with Crippen LogP contribution >= 0.6 is 0 Å². The number of pyridine rings is 1. The summed E-state index contributed by atoms with van der Waals surface area (Å²) in [4.78, 5) is 16.1. The minimum Gasteiger partial charge on any atom is -0.487 e. The molecule has 0 fully saturated rings. The van der Waals surface area contributed by atoms with Crippen molar-refractivity contribution in [3.05, 3.63) is 81.7 Å². The summed E-state index contributed by atoms with van der Waals surface area (Å²) in [5, 5.41) is 8.85. The smallest absolute Gasteiger partial charge is 0.433 e. The fourth-order valence-corrected chi connectivity index (χ4v) is 4.31. The third-order valence-corrected chi connectivity index (χ3v) is 6.03. The Labute approximate surface area is 192 Å². The van der Waals surface area contributed by atoms with E-state index in [0.29, 0.717) is 11.3 Å². The second-order valence-corrected chi connectivity index (χ2v) is 8.25. The Hall–Kier alpha value is -3.66. The molecule has 0 radical (unpaired) electrons. The Morgan fingerprint density at radius 1 is 1.15 bits per heavy atom. The molecule has 0 bridgehead atoms. The van der Waals surface area contributed by atoms with Crippen molar-refractivity contribution in [3.8, 4) is 11.4 Å². The van der Waals surface area contributed by atoms with Crippen LogP contribution in [0.25, 0.3) is 16.6 Å². The lowest BCUT2D eigenvalue weighted by Gasteiger charge is -2.10. The summed E-state index contributed by atoms with van der Waals surface area (Å²) < 4.78 is 46.9. The summed E-state index contributed by atoms with van der Waals surface area (Å²) >= 11 is 0. The highest BCUT2D eigenvalue weighted by Crippen LogP contribution is 2.29. The van der Waals surface area contributed by atoms with E-state index in [1.165, 1.54) is 34.3 Å². The van der Waals surface area contributed by atoms with Gasteiger partial charge in [-0.2, -0.15) is 23.0 Å². The maximum Gasteiger partial charge on any atom is 0.433 e. The molecule has 0 spiro atoms. The lowest BCUT2D eigenvalue weighted by atomic mass is 10.1. The number of alkyl halides is 3. The van der Waals surface area contributed by atoms with E-state index in [9.17, 15) is 18.0 Å². The zero-order chi connectivity index (χ0) is 23.9. The van der Waals surface area contributed by atoms with Gasteiger partial charge in [-0.15, -0.1) is 0 Å². The van der Waals surface area contributed by atoms with Crippen molar-refractivity contribution in [2.24, 2.45) is 7.05 Å². The van der Waals surface area contributed by atoms with E-state index in [-0.39, 0.29) is 17.9 Å². The molecule has 5 rings (SSSR count). The van der Waals surface area contributed by atoms with Crippen molar-refractivity contribution in [1.82, 2.24) is 24.6 Å². The van der Waals surface area contributed by atoms with Gasteiger partial charge < -0.3 is 14.6 Å². The first-order valence-electron chi connectivity index (χ1n) is 10.9. The van der Waals surface area contributed by atoms with Crippen molar-refractivity contribution in [2.45, 2.75) is 32.2 Å². The van der Waals surface area contributed by atoms with Gasteiger partial charge in [0, 0.05) is 42.5 Å². The summed E-state index contributed by atoms with van der Waals surface area (Å²) in [6.45, 7) is 1.78. The predicted octanol–water partition coefficient (Wildman–Crippen LogP) is 3.75. The van der Waals surface area contributed by atoms with Crippen LogP contribution in [0.2, 0.25) is 0 Å². The molecule has 1 N–H and O–H groups in total. The molecule has 4 heterocycles. The van der Waals surface area contributed by atoms with Gasteiger partial charge in [-0.3, -0.25) is 9.78 Å². The van der Waals surface area contributed by atoms with Gasteiger partial charge in [0.15, 0.2) is 0 Å². The van der Waals surface area contributed by atoms with Crippen molar-refractivity contribution < 1.29 is 17.9 Å². The number of aryl methyl sites for hydroxylation is 1. The third-order valence-electron chi connectivity index (χ3n) is 6.03. The molecule has 4 aromatic rings. The fraction of sp³-hybridized carbons (Fsp3) is 0.292. The number of nitrogens with zero attached hydrogens (tertiary/aromatic N) is 4. The molecule has 0 unspecified atom stereocenters. The standard InChI is InChI=1S/C24H22F3N5O2/c1-31-20-3-2-8-28-13-19(20)18-6-5-16(9-21(18)31)32-23(33)10-17(12-30-32)34-14-15-4-7-22(29-11-15)24(25,26)27/h4-7,9-12,28H,2-3,8,13-14H2,1H3. The maximum atomic E-state index is 12.7. The molecule has 10 heteroatoms. The number of nitrogens with one attached hydrogen (secondary N) is 1. The van der Waals surface area contributed by atoms with E-state index in [1.54, 1.807) is 0 Å². The minimum absolute atomic E-state index is 0.0365. The van der Waals surface area contributed by atoms with Crippen molar-refractivity contribution in [2.75, 3.05) is 6.54 Å². The monoisotopic (exact) mass is 469 g/mol. The Bertz CT molecular complexity index is 1410. The number of hydrogen-bond acceptors (Lipinski definition) is 5. The molecular formula is C24H22F3N5O2. The maximum absolute atomic E-state index is 12.7. The Balaban J connectivity index is 1.36. The van der Waals surface area contributed by atoms with Gasteiger partial charge >= 0.3 is 6.18 Å². The van der Waals surface area contributed by atoms with E-state index < -0.39 is 11.9 Å². The molecule has 34 heavy (non-hydrogen) atoms. The molecule has 1 aliphatic rings. The molecule has 0 saturated carbocycles. The highest BCUT2D eigenvalue weighted by molar-refractivity contribution is 5.87. The summed E-state index contributed by atoms with van der Waals surface area (Å²) in [7, 11) is 2.04. The average Bonchev–Trinajstić information content (AvgIpc) is 2.96. The molecular weight excluding hydrogens is 447 g/mol. The Morgan fingerprint density at radius 3 is 2.74 bits per heavy atom.